The molecule has 18 heavy (non-hydrogen) atoms. The average molecular weight is 247 g/mol. The van der Waals surface area contributed by atoms with E-state index < -0.39 is 0 Å². The summed E-state index contributed by atoms with van der Waals surface area (Å²) in [4.78, 5) is 0. The van der Waals surface area contributed by atoms with Crippen LogP contribution in [0.5, 0.6) is 0 Å². The van der Waals surface area contributed by atoms with Gasteiger partial charge in [0, 0.05) is 30.9 Å². The van der Waals surface area contributed by atoms with Gasteiger partial charge in [-0.2, -0.15) is 5.10 Å². The Balaban J connectivity index is 2.00. The molecule has 1 N–H and O–H groups in total. The zero-order valence-corrected chi connectivity index (χ0v) is 10.9. The third kappa shape index (κ3) is 2.76. The van der Waals surface area contributed by atoms with Gasteiger partial charge in [-0.1, -0.05) is 12.1 Å². The van der Waals surface area contributed by atoms with Crippen molar-refractivity contribution in [1.29, 1.82) is 0 Å². The number of aromatic nitrogens is 2. The van der Waals surface area contributed by atoms with Gasteiger partial charge in [0.1, 0.15) is 5.82 Å². The van der Waals surface area contributed by atoms with Crippen molar-refractivity contribution in [3.05, 3.63) is 53.1 Å². The molecule has 2 rings (SSSR count). The van der Waals surface area contributed by atoms with Crippen LogP contribution in [0.2, 0.25) is 0 Å². The quantitative estimate of drug-likeness (QED) is 0.900. The van der Waals surface area contributed by atoms with Crippen molar-refractivity contribution in [1.82, 2.24) is 15.1 Å². The Labute approximate surface area is 107 Å². The third-order valence-corrected chi connectivity index (χ3v) is 3.24. The summed E-state index contributed by atoms with van der Waals surface area (Å²) in [7, 11) is 1.93. The molecule has 1 atom stereocenters. The number of benzene rings is 1. The van der Waals surface area contributed by atoms with E-state index in [9.17, 15) is 4.39 Å². The molecule has 0 aliphatic carbocycles. The van der Waals surface area contributed by atoms with Crippen LogP contribution >= 0.6 is 0 Å². The normalized spacial score (nSPS) is 12.7. The van der Waals surface area contributed by atoms with Crippen molar-refractivity contribution in [2.24, 2.45) is 7.05 Å². The van der Waals surface area contributed by atoms with Crippen molar-refractivity contribution >= 4 is 0 Å². The first-order chi connectivity index (χ1) is 8.58. The molecule has 3 nitrogen and oxygen atoms in total. The van der Waals surface area contributed by atoms with Gasteiger partial charge < -0.3 is 5.32 Å². The van der Waals surface area contributed by atoms with E-state index in [4.69, 9.17) is 0 Å². The zero-order valence-electron chi connectivity index (χ0n) is 10.9. The predicted molar refractivity (Wildman–Crippen MR) is 69.6 cm³/mol. The van der Waals surface area contributed by atoms with Crippen molar-refractivity contribution in [3.63, 3.8) is 0 Å². The van der Waals surface area contributed by atoms with Crippen LogP contribution in [0, 0.1) is 12.7 Å². The minimum atomic E-state index is -0.195. The highest BCUT2D eigenvalue weighted by Gasteiger charge is 2.11. The molecule has 1 unspecified atom stereocenters. The van der Waals surface area contributed by atoms with E-state index in [1.54, 1.807) is 12.1 Å². The van der Waals surface area contributed by atoms with E-state index in [-0.39, 0.29) is 11.9 Å². The molecule has 0 bridgehead atoms. The molecular weight excluding hydrogens is 229 g/mol. The summed E-state index contributed by atoms with van der Waals surface area (Å²) in [6, 6.07) is 6.85. The molecule has 4 heteroatoms. The van der Waals surface area contributed by atoms with E-state index in [1.165, 1.54) is 11.6 Å². The molecule has 0 fully saturated rings. The van der Waals surface area contributed by atoms with Gasteiger partial charge in [0.15, 0.2) is 0 Å². The first-order valence-electron chi connectivity index (χ1n) is 6.04. The van der Waals surface area contributed by atoms with E-state index in [0.717, 1.165) is 11.3 Å². The molecular formula is C14H18FN3. The second kappa shape index (κ2) is 5.31. The summed E-state index contributed by atoms with van der Waals surface area (Å²) in [6.07, 6.45) is 1.87. The maximum absolute atomic E-state index is 13.0. The second-order valence-corrected chi connectivity index (χ2v) is 4.54. The maximum Gasteiger partial charge on any atom is 0.123 e. The van der Waals surface area contributed by atoms with Crippen LogP contribution in [-0.2, 0) is 13.6 Å². The third-order valence-electron chi connectivity index (χ3n) is 3.24. The Hall–Kier alpha value is -1.68. The van der Waals surface area contributed by atoms with Gasteiger partial charge in [-0.05, 0) is 31.5 Å². The zero-order chi connectivity index (χ0) is 13.1. The SMILES string of the molecule is Cc1c(C(C)NCc2cccc(F)c2)cnn1C. The van der Waals surface area contributed by atoms with Crippen LogP contribution in [0.4, 0.5) is 4.39 Å². The first kappa shape index (κ1) is 12.8. The Morgan fingerprint density at radius 1 is 1.44 bits per heavy atom. The Kier molecular flexibility index (Phi) is 3.77. The number of hydrogen-bond acceptors (Lipinski definition) is 2. The van der Waals surface area contributed by atoms with Crippen molar-refractivity contribution in [3.8, 4) is 0 Å². The highest BCUT2D eigenvalue weighted by atomic mass is 19.1. The molecule has 2 aromatic rings. The fourth-order valence-electron chi connectivity index (χ4n) is 1.97. The molecule has 1 aromatic carbocycles. The molecule has 96 valence electrons. The number of rotatable bonds is 4. The van der Waals surface area contributed by atoms with E-state index >= 15 is 0 Å². The van der Waals surface area contributed by atoms with Gasteiger partial charge in [-0.25, -0.2) is 4.39 Å². The van der Waals surface area contributed by atoms with Crippen LogP contribution in [-0.4, -0.2) is 9.78 Å². The highest BCUT2D eigenvalue weighted by Crippen LogP contribution is 2.16. The van der Waals surface area contributed by atoms with E-state index in [2.05, 4.69) is 17.3 Å². The number of aryl methyl sites for hydroxylation is 1. The first-order valence-corrected chi connectivity index (χ1v) is 6.04. The molecule has 0 amide bonds. The topological polar surface area (TPSA) is 29.9 Å². The molecule has 0 aliphatic heterocycles. The van der Waals surface area contributed by atoms with Crippen molar-refractivity contribution in [2.75, 3.05) is 0 Å². The van der Waals surface area contributed by atoms with Gasteiger partial charge in [0.25, 0.3) is 0 Å². The Morgan fingerprint density at radius 3 is 2.83 bits per heavy atom. The summed E-state index contributed by atoms with van der Waals surface area (Å²) in [5.41, 5.74) is 3.27. The van der Waals surface area contributed by atoms with Crippen molar-refractivity contribution in [2.45, 2.75) is 26.4 Å². The lowest BCUT2D eigenvalue weighted by atomic mass is 10.1. The fraction of sp³-hybridized carbons (Fsp3) is 0.357. The van der Waals surface area contributed by atoms with Gasteiger partial charge in [0.2, 0.25) is 0 Å². The van der Waals surface area contributed by atoms with Crippen LogP contribution < -0.4 is 5.32 Å². The Morgan fingerprint density at radius 2 is 2.22 bits per heavy atom. The number of hydrogen-bond donors (Lipinski definition) is 1. The number of nitrogens with one attached hydrogen (secondary N) is 1. The Bertz CT molecular complexity index is 534. The summed E-state index contributed by atoms with van der Waals surface area (Å²) in [5, 5.41) is 7.60. The molecule has 0 aliphatic rings. The summed E-state index contributed by atoms with van der Waals surface area (Å²) >= 11 is 0. The average Bonchev–Trinajstić information content (AvgIpc) is 2.67. The maximum atomic E-state index is 13.0. The van der Waals surface area contributed by atoms with Gasteiger partial charge in [-0.15, -0.1) is 0 Å². The predicted octanol–water partition coefficient (Wildman–Crippen LogP) is 2.72. The summed E-state index contributed by atoms with van der Waals surface area (Å²) in [5.74, 6) is -0.195. The summed E-state index contributed by atoms with van der Waals surface area (Å²) < 4.78 is 14.9. The van der Waals surface area contributed by atoms with E-state index in [0.29, 0.717) is 6.54 Å². The number of halogens is 1. The summed E-state index contributed by atoms with van der Waals surface area (Å²) in [6.45, 7) is 4.78. The van der Waals surface area contributed by atoms with Crippen LogP contribution in [0.15, 0.2) is 30.5 Å². The molecule has 0 spiro atoms. The molecule has 1 aromatic heterocycles. The van der Waals surface area contributed by atoms with Gasteiger partial charge >= 0.3 is 0 Å². The second-order valence-electron chi connectivity index (χ2n) is 4.54. The molecule has 1 heterocycles. The highest BCUT2D eigenvalue weighted by molar-refractivity contribution is 5.21. The lowest BCUT2D eigenvalue weighted by molar-refractivity contribution is 0.565. The largest absolute Gasteiger partial charge is 0.306 e. The van der Waals surface area contributed by atoms with Crippen LogP contribution in [0.1, 0.15) is 29.8 Å². The van der Waals surface area contributed by atoms with E-state index in [1.807, 2.05) is 30.9 Å². The smallest absolute Gasteiger partial charge is 0.123 e. The minimum absolute atomic E-state index is 0.195. The molecule has 0 saturated heterocycles. The monoisotopic (exact) mass is 247 g/mol. The van der Waals surface area contributed by atoms with Gasteiger partial charge in [0.05, 0.1) is 6.20 Å². The fourth-order valence-corrected chi connectivity index (χ4v) is 1.97. The molecule has 0 saturated carbocycles. The van der Waals surface area contributed by atoms with Crippen molar-refractivity contribution < 1.29 is 4.39 Å². The van der Waals surface area contributed by atoms with Crippen LogP contribution in [0.3, 0.4) is 0 Å². The van der Waals surface area contributed by atoms with Gasteiger partial charge in [-0.3, -0.25) is 4.68 Å². The number of nitrogens with zero attached hydrogens (tertiary/aromatic N) is 2. The minimum Gasteiger partial charge on any atom is -0.306 e. The lowest BCUT2D eigenvalue weighted by Gasteiger charge is -2.13. The molecule has 0 radical (unpaired) electrons. The lowest BCUT2D eigenvalue weighted by Crippen LogP contribution is -2.18. The standard InChI is InChI=1S/C14H18FN3/c1-10(14-9-17-18(3)11(14)2)16-8-12-5-4-6-13(15)7-12/h4-7,9-10,16H,8H2,1-3H3. The van der Waals surface area contributed by atoms with Crippen LogP contribution in [0.25, 0.3) is 0 Å².